The van der Waals surface area contributed by atoms with Crippen molar-refractivity contribution in [2.24, 2.45) is 0 Å². The molecule has 0 aromatic heterocycles. The third-order valence-corrected chi connectivity index (χ3v) is 3.89. The molecule has 0 amide bonds. The zero-order valence-electron chi connectivity index (χ0n) is 10.0. The van der Waals surface area contributed by atoms with Crippen LogP contribution >= 0.6 is 23.2 Å². The molecule has 0 bridgehead atoms. The van der Waals surface area contributed by atoms with Crippen molar-refractivity contribution in [2.75, 3.05) is 20.1 Å². The summed E-state index contributed by atoms with van der Waals surface area (Å²) in [4.78, 5) is 2.27. The number of benzene rings is 1. The van der Waals surface area contributed by atoms with E-state index in [1.165, 1.54) is 12.8 Å². The fraction of sp³-hybridized carbons (Fsp3) is 0.538. The van der Waals surface area contributed by atoms with Crippen LogP contribution in [0.5, 0.6) is 0 Å². The van der Waals surface area contributed by atoms with Gasteiger partial charge in [-0.05, 0) is 38.6 Å². The van der Waals surface area contributed by atoms with Gasteiger partial charge in [-0.1, -0.05) is 29.3 Å². The molecule has 0 radical (unpaired) electrons. The molecule has 1 saturated heterocycles. The van der Waals surface area contributed by atoms with E-state index in [0.717, 1.165) is 35.2 Å². The molecule has 0 aliphatic carbocycles. The van der Waals surface area contributed by atoms with Crippen LogP contribution in [-0.4, -0.2) is 31.1 Å². The molecule has 1 N–H and O–H groups in total. The SMILES string of the molecule is CN(Cc1c(Cl)cccc1Cl)CC1CCCN1. The van der Waals surface area contributed by atoms with Crippen molar-refractivity contribution in [1.82, 2.24) is 10.2 Å². The van der Waals surface area contributed by atoms with E-state index in [9.17, 15) is 0 Å². The van der Waals surface area contributed by atoms with E-state index < -0.39 is 0 Å². The summed E-state index contributed by atoms with van der Waals surface area (Å²) >= 11 is 12.3. The van der Waals surface area contributed by atoms with Crippen LogP contribution in [-0.2, 0) is 6.54 Å². The Morgan fingerprint density at radius 3 is 2.65 bits per heavy atom. The van der Waals surface area contributed by atoms with E-state index in [4.69, 9.17) is 23.2 Å². The molecule has 1 aromatic carbocycles. The van der Waals surface area contributed by atoms with Gasteiger partial charge in [-0.2, -0.15) is 0 Å². The molecule has 1 fully saturated rings. The lowest BCUT2D eigenvalue weighted by atomic mass is 10.2. The Morgan fingerprint density at radius 1 is 1.35 bits per heavy atom. The Morgan fingerprint density at radius 2 is 2.06 bits per heavy atom. The average Bonchev–Trinajstić information content (AvgIpc) is 2.76. The van der Waals surface area contributed by atoms with Crippen molar-refractivity contribution in [3.05, 3.63) is 33.8 Å². The van der Waals surface area contributed by atoms with E-state index in [-0.39, 0.29) is 0 Å². The molecule has 2 rings (SSSR count). The Balaban J connectivity index is 1.95. The zero-order chi connectivity index (χ0) is 12.3. The molecule has 1 unspecified atom stereocenters. The zero-order valence-corrected chi connectivity index (χ0v) is 11.6. The third kappa shape index (κ3) is 3.59. The van der Waals surface area contributed by atoms with E-state index in [2.05, 4.69) is 17.3 Å². The standard InChI is InChI=1S/C13H18Cl2N2/c1-17(8-10-4-3-7-16-10)9-11-12(14)5-2-6-13(11)15/h2,5-6,10,16H,3-4,7-9H2,1H3. The van der Waals surface area contributed by atoms with Crippen LogP contribution in [0.1, 0.15) is 18.4 Å². The summed E-state index contributed by atoms with van der Waals surface area (Å²) in [6.45, 7) is 2.99. The second-order valence-electron chi connectivity index (χ2n) is 4.69. The molecule has 1 aliphatic heterocycles. The molecule has 1 aliphatic rings. The topological polar surface area (TPSA) is 15.3 Å². The van der Waals surface area contributed by atoms with Crippen LogP contribution in [0.4, 0.5) is 0 Å². The molecule has 0 saturated carbocycles. The second-order valence-corrected chi connectivity index (χ2v) is 5.50. The van der Waals surface area contributed by atoms with Gasteiger partial charge in [-0.15, -0.1) is 0 Å². The number of nitrogens with zero attached hydrogens (tertiary/aromatic N) is 1. The Labute approximate surface area is 113 Å². The maximum Gasteiger partial charge on any atom is 0.0465 e. The minimum Gasteiger partial charge on any atom is -0.313 e. The van der Waals surface area contributed by atoms with Gasteiger partial charge in [0.05, 0.1) is 0 Å². The van der Waals surface area contributed by atoms with Crippen LogP contribution < -0.4 is 5.32 Å². The van der Waals surface area contributed by atoms with Crippen molar-refractivity contribution >= 4 is 23.2 Å². The van der Waals surface area contributed by atoms with Gasteiger partial charge < -0.3 is 10.2 Å². The summed E-state index contributed by atoms with van der Waals surface area (Å²) in [6.07, 6.45) is 2.55. The van der Waals surface area contributed by atoms with Crippen LogP contribution in [0, 0.1) is 0 Å². The van der Waals surface area contributed by atoms with E-state index in [1.54, 1.807) is 0 Å². The molecule has 4 heteroatoms. The minimum atomic E-state index is 0.612. The fourth-order valence-electron chi connectivity index (χ4n) is 2.31. The molecule has 1 aromatic rings. The highest BCUT2D eigenvalue weighted by Crippen LogP contribution is 2.25. The molecular formula is C13H18Cl2N2. The van der Waals surface area contributed by atoms with Gasteiger partial charge in [-0.3, -0.25) is 0 Å². The van der Waals surface area contributed by atoms with Crippen molar-refractivity contribution in [3.63, 3.8) is 0 Å². The van der Waals surface area contributed by atoms with E-state index in [1.807, 2.05) is 18.2 Å². The number of hydrogen-bond acceptors (Lipinski definition) is 2. The Hall–Kier alpha value is -0.280. The maximum absolute atomic E-state index is 6.16. The number of halogens is 2. The van der Waals surface area contributed by atoms with Crippen LogP contribution in [0.25, 0.3) is 0 Å². The van der Waals surface area contributed by atoms with Gasteiger partial charge in [0, 0.05) is 34.7 Å². The molecular weight excluding hydrogens is 255 g/mol. The number of rotatable bonds is 4. The van der Waals surface area contributed by atoms with Gasteiger partial charge in [0.2, 0.25) is 0 Å². The predicted molar refractivity (Wildman–Crippen MR) is 73.8 cm³/mol. The van der Waals surface area contributed by atoms with Crippen LogP contribution in [0.15, 0.2) is 18.2 Å². The highest BCUT2D eigenvalue weighted by Gasteiger charge is 2.17. The predicted octanol–water partition coefficient (Wildman–Crippen LogP) is 3.18. The maximum atomic E-state index is 6.16. The minimum absolute atomic E-state index is 0.612. The number of hydrogen-bond donors (Lipinski definition) is 1. The van der Waals surface area contributed by atoms with Gasteiger partial charge in [0.25, 0.3) is 0 Å². The number of nitrogens with one attached hydrogen (secondary N) is 1. The highest BCUT2D eigenvalue weighted by atomic mass is 35.5. The van der Waals surface area contributed by atoms with E-state index in [0.29, 0.717) is 6.04 Å². The van der Waals surface area contributed by atoms with Gasteiger partial charge in [-0.25, -0.2) is 0 Å². The summed E-state index contributed by atoms with van der Waals surface area (Å²) in [5, 5.41) is 5.00. The summed E-state index contributed by atoms with van der Waals surface area (Å²) in [5.74, 6) is 0. The van der Waals surface area contributed by atoms with Crippen molar-refractivity contribution < 1.29 is 0 Å². The smallest absolute Gasteiger partial charge is 0.0465 e. The molecule has 17 heavy (non-hydrogen) atoms. The summed E-state index contributed by atoms with van der Waals surface area (Å²) in [7, 11) is 2.11. The van der Waals surface area contributed by atoms with Crippen molar-refractivity contribution in [3.8, 4) is 0 Å². The Bertz CT molecular complexity index is 355. The molecule has 94 valence electrons. The molecule has 1 heterocycles. The highest BCUT2D eigenvalue weighted by molar-refractivity contribution is 6.35. The van der Waals surface area contributed by atoms with Gasteiger partial charge in [0.15, 0.2) is 0 Å². The van der Waals surface area contributed by atoms with Gasteiger partial charge in [0.1, 0.15) is 0 Å². The summed E-state index contributed by atoms with van der Waals surface area (Å²) in [5.41, 5.74) is 1.02. The van der Waals surface area contributed by atoms with Crippen LogP contribution in [0.3, 0.4) is 0 Å². The first-order valence-corrected chi connectivity index (χ1v) is 6.77. The Kier molecular flexibility index (Phi) is 4.69. The molecule has 1 atom stereocenters. The van der Waals surface area contributed by atoms with Gasteiger partial charge >= 0.3 is 0 Å². The first-order chi connectivity index (χ1) is 8.16. The van der Waals surface area contributed by atoms with Crippen LogP contribution in [0.2, 0.25) is 10.0 Å². The molecule has 0 spiro atoms. The molecule has 2 nitrogen and oxygen atoms in total. The lowest BCUT2D eigenvalue weighted by molar-refractivity contribution is 0.293. The summed E-state index contributed by atoms with van der Waals surface area (Å²) < 4.78 is 0. The first-order valence-electron chi connectivity index (χ1n) is 6.01. The second kappa shape index (κ2) is 6.05. The van der Waals surface area contributed by atoms with E-state index >= 15 is 0 Å². The normalized spacial score (nSPS) is 20.1. The quantitative estimate of drug-likeness (QED) is 0.906. The number of likely N-dealkylation sites (N-methyl/N-ethyl adjacent to an activating group) is 1. The average molecular weight is 273 g/mol. The first kappa shape index (κ1) is 13.2. The lowest BCUT2D eigenvalue weighted by Crippen LogP contribution is -2.35. The van der Waals surface area contributed by atoms with Crippen molar-refractivity contribution in [1.29, 1.82) is 0 Å². The van der Waals surface area contributed by atoms with Crippen molar-refractivity contribution in [2.45, 2.75) is 25.4 Å². The summed E-state index contributed by atoms with van der Waals surface area (Å²) in [6, 6.07) is 6.28. The largest absolute Gasteiger partial charge is 0.313 e. The third-order valence-electron chi connectivity index (χ3n) is 3.18. The lowest BCUT2D eigenvalue weighted by Gasteiger charge is -2.22. The fourth-order valence-corrected chi connectivity index (χ4v) is 2.82. The monoisotopic (exact) mass is 272 g/mol.